The second kappa shape index (κ2) is 8.72. The minimum absolute atomic E-state index is 0.293. The highest BCUT2D eigenvalue weighted by Gasteiger charge is 2.27. The SMILES string of the molecule is Cc1cc(Cl)ccc1OCCN(C)CC1CCC(=O)N(C(C)C)C1. The van der Waals surface area contributed by atoms with E-state index in [1.165, 1.54) is 0 Å². The van der Waals surface area contributed by atoms with Crippen molar-refractivity contribution in [2.24, 2.45) is 5.92 Å². The molecule has 0 N–H and O–H groups in total. The Labute approximate surface area is 150 Å². The van der Waals surface area contributed by atoms with E-state index in [1.807, 2.05) is 30.0 Å². The Morgan fingerprint density at radius 2 is 2.17 bits per heavy atom. The third-order valence-electron chi connectivity index (χ3n) is 4.60. The van der Waals surface area contributed by atoms with Crippen molar-refractivity contribution in [1.82, 2.24) is 9.80 Å². The first-order valence-electron chi connectivity index (χ1n) is 8.73. The molecule has 0 radical (unpaired) electrons. The number of piperidine rings is 1. The summed E-state index contributed by atoms with van der Waals surface area (Å²) in [5.74, 6) is 1.74. The number of amides is 1. The Balaban J connectivity index is 1.75. The van der Waals surface area contributed by atoms with Crippen LogP contribution in [-0.2, 0) is 4.79 Å². The van der Waals surface area contributed by atoms with Crippen LogP contribution in [0, 0.1) is 12.8 Å². The molecule has 1 aliphatic heterocycles. The maximum absolute atomic E-state index is 11.9. The summed E-state index contributed by atoms with van der Waals surface area (Å²) in [5.41, 5.74) is 1.06. The van der Waals surface area contributed by atoms with E-state index >= 15 is 0 Å². The van der Waals surface area contributed by atoms with Crippen LogP contribution < -0.4 is 4.74 Å². The summed E-state index contributed by atoms with van der Waals surface area (Å²) in [4.78, 5) is 16.2. The zero-order valence-electron chi connectivity index (χ0n) is 15.2. The maximum Gasteiger partial charge on any atom is 0.222 e. The van der Waals surface area contributed by atoms with Gasteiger partial charge in [0.05, 0.1) is 0 Å². The van der Waals surface area contributed by atoms with Crippen LogP contribution in [0.15, 0.2) is 18.2 Å². The molecule has 1 amide bonds. The van der Waals surface area contributed by atoms with Crippen molar-refractivity contribution in [1.29, 1.82) is 0 Å². The van der Waals surface area contributed by atoms with Crippen molar-refractivity contribution in [3.8, 4) is 5.75 Å². The molecule has 0 spiro atoms. The molecule has 0 bridgehead atoms. The maximum atomic E-state index is 11.9. The summed E-state index contributed by atoms with van der Waals surface area (Å²) in [6.07, 6.45) is 1.67. The van der Waals surface area contributed by atoms with Gasteiger partial charge in [-0.2, -0.15) is 0 Å². The van der Waals surface area contributed by atoms with E-state index in [2.05, 4.69) is 25.8 Å². The molecule has 5 heteroatoms. The smallest absolute Gasteiger partial charge is 0.222 e. The van der Waals surface area contributed by atoms with Gasteiger partial charge in [-0.25, -0.2) is 0 Å². The van der Waals surface area contributed by atoms with E-state index in [-0.39, 0.29) is 0 Å². The number of likely N-dealkylation sites (N-methyl/N-ethyl adjacent to an activating group) is 1. The quantitative estimate of drug-likeness (QED) is 0.751. The van der Waals surface area contributed by atoms with Gasteiger partial charge >= 0.3 is 0 Å². The van der Waals surface area contributed by atoms with Gasteiger partial charge in [0, 0.05) is 37.1 Å². The molecule has 0 aliphatic carbocycles. The fourth-order valence-corrected chi connectivity index (χ4v) is 3.44. The number of hydrogen-bond donors (Lipinski definition) is 0. The number of hydrogen-bond acceptors (Lipinski definition) is 3. The third-order valence-corrected chi connectivity index (χ3v) is 4.84. The van der Waals surface area contributed by atoms with E-state index in [9.17, 15) is 4.79 Å². The highest BCUT2D eigenvalue weighted by molar-refractivity contribution is 6.30. The summed E-state index contributed by atoms with van der Waals surface area (Å²) in [5, 5.41) is 0.735. The topological polar surface area (TPSA) is 32.8 Å². The van der Waals surface area contributed by atoms with Crippen LogP contribution in [0.4, 0.5) is 0 Å². The molecule has 1 saturated heterocycles. The van der Waals surface area contributed by atoms with Crippen LogP contribution in [0.3, 0.4) is 0 Å². The van der Waals surface area contributed by atoms with E-state index in [1.54, 1.807) is 0 Å². The molecule has 0 aromatic heterocycles. The van der Waals surface area contributed by atoms with Crippen LogP contribution in [-0.4, -0.2) is 55.0 Å². The predicted molar refractivity (Wildman–Crippen MR) is 98.8 cm³/mol. The van der Waals surface area contributed by atoms with E-state index < -0.39 is 0 Å². The monoisotopic (exact) mass is 352 g/mol. The molecular formula is C19H29ClN2O2. The molecule has 1 fully saturated rings. The van der Waals surface area contributed by atoms with Gasteiger partial charge in [0.1, 0.15) is 12.4 Å². The lowest BCUT2D eigenvalue weighted by molar-refractivity contribution is -0.136. The van der Waals surface area contributed by atoms with Crippen molar-refractivity contribution in [2.75, 3.05) is 33.3 Å². The first-order chi connectivity index (χ1) is 11.4. The largest absolute Gasteiger partial charge is 0.492 e. The van der Waals surface area contributed by atoms with Crippen LogP contribution >= 0.6 is 11.6 Å². The molecule has 1 aromatic carbocycles. The van der Waals surface area contributed by atoms with Crippen molar-refractivity contribution in [2.45, 2.75) is 39.7 Å². The number of halogens is 1. The minimum Gasteiger partial charge on any atom is -0.492 e. The Morgan fingerprint density at radius 1 is 1.42 bits per heavy atom. The van der Waals surface area contributed by atoms with Gasteiger partial charge in [0.15, 0.2) is 0 Å². The molecule has 1 aliphatic rings. The van der Waals surface area contributed by atoms with E-state index in [4.69, 9.17) is 16.3 Å². The second-order valence-corrected chi connectivity index (χ2v) is 7.50. The molecule has 1 aromatic rings. The van der Waals surface area contributed by atoms with Gasteiger partial charge in [0.25, 0.3) is 0 Å². The predicted octanol–water partition coefficient (Wildman–Crippen LogP) is 3.61. The van der Waals surface area contributed by atoms with Crippen molar-refractivity contribution < 1.29 is 9.53 Å². The summed E-state index contributed by atoms with van der Waals surface area (Å²) < 4.78 is 5.86. The lowest BCUT2D eigenvalue weighted by Crippen LogP contribution is -2.46. The fraction of sp³-hybridized carbons (Fsp3) is 0.632. The molecule has 1 unspecified atom stereocenters. The van der Waals surface area contributed by atoms with Gasteiger partial charge in [-0.1, -0.05) is 11.6 Å². The number of rotatable bonds is 7. The van der Waals surface area contributed by atoms with Gasteiger partial charge in [-0.15, -0.1) is 0 Å². The summed E-state index contributed by atoms with van der Waals surface area (Å²) in [7, 11) is 2.12. The van der Waals surface area contributed by atoms with Gasteiger partial charge < -0.3 is 14.5 Å². The molecule has 1 heterocycles. The minimum atomic E-state index is 0.293. The molecule has 134 valence electrons. The molecule has 1 atom stereocenters. The number of ether oxygens (including phenoxy) is 1. The number of carbonyl (C=O) groups is 1. The van der Waals surface area contributed by atoms with Crippen LogP contribution in [0.5, 0.6) is 5.75 Å². The molecular weight excluding hydrogens is 324 g/mol. The number of likely N-dealkylation sites (tertiary alicyclic amines) is 1. The first-order valence-corrected chi connectivity index (χ1v) is 9.11. The summed E-state index contributed by atoms with van der Waals surface area (Å²) in [6.45, 7) is 9.58. The van der Waals surface area contributed by atoms with Gasteiger partial charge in [-0.05, 0) is 63.9 Å². The number of benzene rings is 1. The molecule has 4 nitrogen and oxygen atoms in total. The lowest BCUT2D eigenvalue weighted by atomic mass is 9.96. The molecule has 0 saturated carbocycles. The zero-order chi connectivity index (χ0) is 17.7. The van der Waals surface area contributed by atoms with Crippen molar-refractivity contribution in [3.63, 3.8) is 0 Å². The summed E-state index contributed by atoms with van der Waals surface area (Å²) >= 11 is 5.96. The second-order valence-electron chi connectivity index (χ2n) is 7.07. The third kappa shape index (κ3) is 5.38. The average Bonchev–Trinajstić information content (AvgIpc) is 2.51. The lowest BCUT2D eigenvalue weighted by Gasteiger charge is -2.37. The normalized spacial score (nSPS) is 18.5. The van der Waals surface area contributed by atoms with Gasteiger partial charge in [0.2, 0.25) is 5.91 Å². The Hall–Kier alpha value is -1.26. The van der Waals surface area contributed by atoms with Crippen LogP contribution in [0.25, 0.3) is 0 Å². The Bertz CT molecular complexity index is 562. The van der Waals surface area contributed by atoms with Crippen molar-refractivity contribution >= 4 is 17.5 Å². The average molecular weight is 353 g/mol. The highest BCUT2D eigenvalue weighted by Crippen LogP contribution is 2.22. The first kappa shape index (κ1) is 19.1. The Morgan fingerprint density at radius 3 is 2.83 bits per heavy atom. The number of nitrogens with zero attached hydrogens (tertiary/aromatic N) is 2. The highest BCUT2D eigenvalue weighted by atomic mass is 35.5. The van der Waals surface area contributed by atoms with Crippen LogP contribution in [0.2, 0.25) is 5.02 Å². The van der Waals surface area contributed by atoms with E-state index in [0.717, 1.165) is 42.4 Å². The number of carbonyl (C=O) groups excluding carboxylic acids is 1. The number of aryl methyl sites for hydroxylation is 1. The van der Waals surface area contributed by atoms with Crippen LogP contribution in [0.1, 0.15) is 32.3 Å². The summed E-state index contributed by atoms with van der Waals surface area (Å²) in [6, 6.07) is 5.99. The molecule has 24 heavy (non-hydrogen) atoms. The van der Waals surface area contributed by atoms with E-state index in [0.29, 0.717) is 30.9 Å². The zero-order valence-corrected chi connectivity index (χ0v) is 16.0. The Kier molecular flexibility index (Phi) is 6.93. The van der Waals surface area contributed by atoms with Gasteiger partial charge in [-0.3, -0.25) is 4.79 Å². The standard InChI is InChI=1S/C19H29ClN2O2/c1-14(2)22-13-16(5-8-19(22)23)12-21(4)9-10-24-18-7-6-17(20)11-15(18)3/h6-7,11,14,16H,5,8-10,12-13H2,1-4H3. The fourth-order valence-electron chi connectivity index (χ4n) is 3.21. The molecule has 2 rings (SSSR count). The van der Waals surface area contributed by atoms with Crippen molar-refractivity contribution in [3.05, 3.63) is 28.8 Å².